The Labute approximate surface area is 556 Å². The maximum atomic E-state index is 6.82. The molecule has 0 aromatic heterocycles. The largest absolute Gasteiger partial charge is 0.369 e. The van der Waals surface area contributed by atoms with Crippen LogP contribution in [-0.2, 0) is 4.74 Å². The summed E-state index contributed by atoms with van der Waals surface area (Å²) in [6.07, 6.45) is 5.33. The Bertz CT molecular complexity index is 2310. The standard InChI is InChI=1S/C12H8Cl6O.C10Cl12.C10H5Cl7.C6H6Cl6/c13-8-9(14)11(16)5-3-1-2(6-7(3)19-6)4(5)10(8,15)12(11,17)18;11-1-2(12)7(17)4(14)3(13,5(1,15)9(7,19)20)6(1,16)10(21,22)8(2,4)18;11-4-2-1-3-5(4)9(15)7(13)6(12)8(3,14)10(9,16)17;7-1-2(8)4(10)6(12)5(11)3(1)9/h2-7H,1H2;;1-5H;1-6H. The van der Waals surface area contributed by atoms with E-state index in [1.807, 2.05) is 12.2 Å². The Kier molecular flexibility index (Phi) is 14.0. The second-order valence-corrected chi connectivity index (χ2v) is 37.2. The quantitative estimate of drug-likeness (QED) is 0.102. The third-order valence-electron chi connectivity index (χ3n) is 18.1. The van der Waals surface area contributed by atoms with Gasteiger partial charge in [0.1, 0.15) is 58.5 Å². The molecule has 13 atom stereocenters. The molecule has 70 heavy (non-hydrogen) atoms. The minimum atomic E-state index is -1.92. The van der Waals surface area contributed by atoms with Crippen LogP contribution in [0.3, 0.4) is 0 Å². The van der Waals surface area contributed by atoms with Gasteiger partial charge in [0.05, 0.1) is 70.0 Å². The first-order valence-corrected chi connectivity index (χ1v) is 32.3. The molecule has 0 amide bonds. The van der Waals surface area contributed by atoms with Crippen molar-refractivity contribution >= 4 is 360 Å². The zero-order chi connectivity index (χ0) is 52.8. The van der Waals surface area contributed by atoms with E-state index in [-0.39, 0.29) is 51.3 Å². The predicted octanol–water partition coefficient (Wildman–Crippen LogP) is 19.6. The van der Waals surface area contributed by atoms with Crippen LogP contribution in [0.15, 0.2) is 32.3 Å². The monoisotopic (exact) mass is 1580 g/mol. The number of halogens is 31. The molecular weight excluding hydrogens is 1570 g/mol. The minimum Gasteiger partial charge on any atom is -0.369 e. The molecule has 11 saturated carbocycles. The molecule has 394 valence electrons. The van der Waals surface area contributed by atoms with Gasteiger partial charge in [-0.25, -0.2) is 0 Å². The van der Waals surface area contributed by atoms with Crippen molar-refractivity contribution in [3.8, 4) is 0 Å². The summed E-state index contributed by atoms with van der Waals surface area (Å²) < 4.78 is -0.974. The van der Waals surface area contributed by atoms with Crippen molar-refractivity contribution in [2.24, 2.45) is 35.5 Å². The van der Waals surface area contributed by atoms with E-state index >= 15 is 0 Å². The van der Waals surface area contributed by atoms with Crippen molar-refractivity contribution in [1.29, 1.82) is 0 Å². The van der Waals surface area contributed by atoms with Crippen LogP contribution < -0.4 is 0 Å². The van der Waals surface area contributed by atoms with Crippen LogP contribution in [0.4, 0.5) is 0 Å². The normalized spacial score (nSPS) is 66.1. The Balaban J connectivity index is 0.000000104. The van der Waals surface area contributed by atoms with Crippen molar-refractivity contribution < 1.29 is 4.74 Å². The molecule has 0 spiro atoms. The summed E-state index contributed by atoms with van der Waals surface area (Å²) in [5, 5.41) is -1.86. The first-order valence-electron chi connectivity index (χ1n) is 20.2. The van der Waals surface area contributed by atoms with Gasteiger partial charge in [0.2, 0.25) is 0 Å². The van der Waals surface area contributed by atoms with Gasteiger partial charge in [-0.05, 0) is 30.1 Å². The lowest BCUT2D eigenvalue weighted by Crippen LogP contribution is -3.03. The molecule has 1 nitrogen and oxygen atoms in total. The lowest BCUT2D eigenvalue weighted by atomic mass is 9.41. The molecule has 14 aliphatic carbocycles. The molecule has 32 heteroatoms. The van der Waals surface area contributed by atoms with Gasteiger partial charge in [-0.3, -0.25) is 0 Å². The number of alkyl halides is 27. The number of ether oxygens (including phenoxy) is 1. The zero-order valence-electron chi connectivity index (χ0n) is 32.6. The van der Waals surface area contributed by atoms with Crippen molar-refractivity contribution in [3.63, 3.8) is 0 Å². The van der Waals surface area contributed by atoms with E-state index in [1.165, 1.54) is 0 Å². The SMILES string of the molecule is ClC1(Cl)C2(Cl)C3(Cl)C4(Cl)C(Cl)(Cl)C5(Cl)C3(Cl)C1(Cl)C5(Cl)C24Cl.ClC1=C(Cl)C2(Cl)C3C(Cl)C=CC3C1(Cl)C2(Cl)Cl.ClC1=C(Cl)C2(Cl)C3C4CC(C5OC45)C3C1(Cl)C2(Cl)Cl.ClC1C(Cl)C(Cl)C(Cl)C(Cl)C1Cl. The van der Waals surface area contributed by atoms with E-state index in [2.05, 4.69) is 0 Å². The van der Waals surface area contributed by atoms with Crippen LogP contribution in [0.5, 0.6) is 0 Å². The fourth-order valence-corrected chi connectivity index (χ4v) is 34.4. The Morgan fingerprint density at radius 1 is 0.329 bits per heavy atom. The Morgan fingerprint density at radius 2 is 0.586 bits per heavy atom. The first-order chi connectivity index (χ1) is 31.4. The highest BCUT2D eigenvalue weighted by molar-refractivity contribution is 6.82. The topological polar surface area (TPSA) is 12.5 Å². The molecule has 1 heterocycles. The summed E-state index contributed by atoms with van der Waals surface area (Å²) in [7, 11) is 0. The molecule has 0 N–H and O–H groups in total. The molecule has 15 rings (SSSR count). The summed E-state index contributed by atoms with van der Waals surface area (Å²) in [4.78, 5) is -18.9. The van der Waals surface area contributed by atoms with Crippen molar-refractivity contribution in [3.05, 3.63) is 32.3 Å². The molecule has 1 aliphatic heterocycles. The van der Waals surface area contributed by atoms with Crippen LogP contribution in [0.25, 0.3) is 0 Å². The molecule has 15 aliphatic rings. The van der Waals surface area contributed by atoms with Gasteiger partial charge in [0, 0.05) is 11.8 Å². The van der Waals surface area contributed by atoms with Gasteiger partial charge < -0.3 is 4.74 Å². The van der Waals surface area contributed by atoms with Gasteiger partial charge in [0.15, 0.2) is 17.3 Å². The number of rotatable bonds is 0. The molecule has 0 aromatic carbocycles. The van der Waals surface area contributed by atoms with Crippen LogP contribution in [0.2, 0.25) is 0 Å². The average molecular weight is 1590 g/mol. The van der Waals surface area contributed by atoms with E-state index in [0.717, 1.165) is 6.42 Å². The lowest BCUT2D eigenvalue weighted by molar-refractivity contribution is 0.000455. The third kappa shape index (κ3) is 5.01. The number of hydrogen-bond donors (Lipinski definition) is 0. The van der Waals surface area contributed by atoms with E-state index in [1.54, 1.807) is 0 Å². The molecular formula is C38H19Cl31O. The van der Waals surface area contributed by atoms with Crippen LogP contribution in [-0.4, -0.2) is 126 Å². The molecule has 0 aromatic rings. The van der Waals surface area contributed by atoms with E-state index in [4.69, 9.17) is 364 Å². The fraction of sp³-hybridized carbons (Fsp3) is 0.842. The fourth-order valence-electron chi connectivity index (χ4n) is 15.3. The summed E-state index contributed by atoms with van der Waals surface area (Å²) in [6, 6.07) is 0. The highest BCUT2D eigenvalue weighted by Crippen LogP contribution is 3.13. The molecule has 1 saturated heterocycles. The lowest BCUT2D eigenvalue weighted by Gasteiger charge is -2.81. The van der Waals surface area contributed by atoms with Gasteiger partial charge in [0.25, 0.3) is 0 Å². The summed E-state index contributed by atoms with van der Waals surface area (Å²) >= 11 is 199. The number of fused-ring (bicyclic) bond motifs is 17. The second kappa shape index (κ2) is 16.4. The van der Waals surface area contributed by atoms with Crippen molar-refractivity contribution in [2.75, 3.05) is 0 Å². The van der Waals surface area contributed by atoms with Crippen LogP contribution in [0, 0.1) is 35.5 Å². The predicted molar refractivity (Wildman–Crippen MR) is 309 cm³/mol. The second-order valence-electron chi connectivity index (χ2n) is 19.9. The minimum absolute atomic E-state index is 0.0467. The van der Waals surface area contributed by atoms with Crippen LogP contribution >= 0.6 is 360 Å². The van der Waals surface area contributed by atoms with Crippen LogP contribution in [0.1, 0.15) is 6.42 Å². The third-order valence-corrected chi connectivity index (χ3v) is 42.0. The number of allylic oxidation sites excluding steroid dienone is 6. The van der Waals surface area contributed by atoms with Gasteiger partial charge in [-0.2, -0.15) is 0 Å². The number of epoxide rings is 1. The van der Waals surface area contributed by atoms with Gasteiger partial charge in [-0.1, -0.05) is 151 Å². The number of hydrogen-bond acceptors (Lipinski definition) is 1. The Morgan fingerprint density at radius 3 is 0.886 bits per heavy atom. The maximum Gasteiger partial charge on any atom is 0.167 e. The molecule has 12 fully saturated rings. The van der Waals surface area contributed by atoms with Crippen molar-refractivity contribution in [1.82, 2.24) is 0 Å². The van der Waals surface area contributed by atoms with E-state index in [0.29, 0.717) is 21.9 Å². The summed E-state index contributed by atoms with van der Waals surface area (Å²) in [6.45, 7) is 0. The zero-order valence-corrected chi connectivity index (χ0v) is 56.1. The maximum absolute atomic E-state index is 6.82. The van der Waals surface area contributed by atoms with Gasteiger partial charge in [-0.15, -0.1) is 220 Å². The smallest absolute Gasteiger partial charge is 0.167 e. The average Bonchev–Trinajstić information content (AvgIpc) is 3.43. The molecule has 13 unspecified atom stereocenters. The molecule has 10 bridgehead atoms. The summed E-state index contributed by atoms with van der Waals surface area (Å²) in [5.74, 6) is 0.306. The highest BCUT2D eigenvalue weighted by Gasteiger charge is 3.32. The van der Waals surface area contributed by atoms with E-state index in [9.17, 15) is 0 Å². The van der Waals surface area contributed by atoms with Gasteiger partial charge >= 0.3 is 0 Å². The van der Waals surface area contributed by atoms with Crippen molar-refractivity contribution in [2.45, 2.75) is 132 Å². The Hall–Kier alpha value is 8.17. The first kappa shape index (κ1) is 59.9. The summed E-state index contributed by atoms with van der Waals surface area (Å²) in [5.41, 5.74) is 0. The molecule has 0 radical (unpaired) electrons. The van der Waals surface area contributed by atoms with E-state index < -0.39 is 108 Å². The highest BCUT2D eigenvalue weighted by atomic mass is 35.6.